The quantitative estimate of drug-likeness (QED) is 0.511. The lowest BCUT2D eigenvalue weighted by atomic mass is 9.90. The standard InChI is InChI=1S/C23H25F5N4O3/c1-10(14-4-3-5-15(17(14)25)20(27)28)29-21-16(23-34-6-7-35-23)19(30-11(2)31-21)18(26)22(33)32-13-8-12(24)9-13/h3-5,10,12-13,18,20,23H,6-9H2,1-2H3,(H,32,33)(H,29,30,31)/t10-,12?,13?,18?/m1/s1. The van der Waals surface area contributed by atoms with Crippen LogP contribution < -0.4 is 10.6 Å². The molecule has 35 heavy (non-hydrogen) atoms. The lowest BCUT2D eigenvalue weighted by molar-refractivity contribution is -0.128. The number of carbonyl (C=O) groups is 1. The molecule has 2 aliphatic rings. The van der Waals surface area contributed by atoms with E-state index >= 15 is 4.39 Å². The molecule has 2 heterocycles. The number of ether oxygens (including phenoxy) is 2. The number of alkyl halides is 4. The van der Waals surface area contributed by atoms with E-state index in [9.17, 15) is 22.4 Å². The summed E-state index contributed by atoms with van der Waals surface area (Å²) in [5.74, 6) is -1.95. The minimum absolute atomic E-state index is 0.00463. The summed E-state index contributed by atoms with van der Waals surface area (Å²) in [5.41, 5.74) is -1.11. The first-order chi connectivity index (χ1) is 16.7. The van der Waals surface area contributed by atoms with Gasteiger partial charge in [-0.25, -0.2) is 31.9 Å². The van der Waals surface area contributed by atoms with Crippen LogP contribution in [0, 0.1) is 12.7 Å². The van der Waals surface area contributed by atoms with Gasteiger partial charge in [0, 0.05) is 11.6 Å². The van der Waals surface area contributed by atoms with Crippen molar-refractivity contribution in [1.82, 2.24) is 15.3 Å². The molecule has 2 N–H and O–H groups in total. The molecule has 1 saturated carbocycles. The van der Waals surface area contributed by atoms with E-state index in [1.165, 1.54) is 26.0 Å². The zero-order chi connectivity index (χ0) is 25.3. The summed E-state index contributed by atoms with van der Waals surface area (Å²) in [6.07, 6.45) is -7.17. The van der Waals surface area contributed by atoms with Crippen LogP contribution in [0.3, 0.4) is 0 Å². The SMILES string of the molecule is Cc1nc(N[C@H](C)c2cccc(C(F)F)c2F)c(C2OCCO2)c(C(F)C(=O)NC2CC(F)C2)n1. The number of nitrogens with zero attached hydrogens (tertiary/aromatic N) is 2. The summed E-state index contributed by atoms with van der Waals surface area (Å²) >= 11 is 0. The van der Waals surface area contributed by atoms with Gasteiger partial charge in [0.2, 0.25) is 6.17 Å². The third kappa shape index (κ3) is 5.37. The number of rotatable bonds is 8. The van der Waals surface area contributed by atoms with Crippen molar-refractivity contribution in [3.8, 4) is 0 Å². The molecule has 4 rings (SSSR count). The van der Waals surface area contributed by atoms with Crippen LogP contribution in [0.25, 0.3) is 0 Å². The third-order valence-corrected chi connectivity index (χ3v) is 5.95. The van der Waals surface area contributed by atoms with Crippen molar-refractivity contribution in [3.63, 3.8) is 0 Å². The van der Waals surface area contributed by atoms with Crippen LogP contribution in [-0.2, 0) is 14.3 Å². The minimum Gasteiger partial charge on any atom is -0.363 e. The van der Waals surface area contributed by atoms with Crippen LogP contribution in [0.4, 0.5) is 27.8 Å². The van der Waals surface area contributed by atoms with Crippen LogP contribution in [-0.4, -0.2) is 41.3 Å². The second kappa shape index (κ2) is 10.4. The lowest BCUT2D eigenvalue weighted by Gasteiger charge is -2.31. The van der Waals surface area contributed by atoms with Crippen molar-refractivity contribution in [3.05, 3.63) is 52.2 Å². The van der Waals surface area contributed by atoms with E-state index in [1.807, 2.05) is 0 Å². The number of benzene rings is 1. The minimum atomic E-state index is -3.00. The molecule has 12 heteroatoms. The van der Waals surface area contributed by atoms with Gasteiger partial charge in [0.15, 0.2) is 6.29 Å². The molecule has 0 bridgehead atoms. The van der Waals surface area contributed by atoms with Crippen molar-refractivity contribution >= 4 is 11.7 Å². The van der Waals surface area contributed by atoms with Gasteiger partial charge in [-0.1, -0.05) is 18.2 Å². The first-order valence-electron chi connectivity index (χ1n) is 11.2. The summed E-state index contributed by atoms with van der Waals surface area (Å²) in [6, 6.07) is 2.30. The molecule has 0 radical (unpaired) electrons. The number of hydrogen-bond donors (Lipinski definition) is 2. The summed E-state index contributed by atoms with van der Waals surface area (Å²) in [6.45, 7) is 3.39. The summed E-state index contributed by atoms with van der Waals surface area (Å²) in [5, 5.41) is 5.37. The highest BCUT2D eigenvalue weighted by atomic mass is 19.3. The van der Waals surface area contributed by atoms with Crippen LogP contribution in [0.15, 0.2) is 18.2 Å². The Labute approximate surface area is 198 Å². The number of halogens is 5. The lowest BCUT2D eigenvalue weighted by Crippen LogP contribution is -2.46. The second-order valence-corrected chi connectivity index (χ2v) is 8.55. The Morgan fingerprint density at radius 3 is 2.40 bits per heavy atom. The highest BCUT2D eigenvalue weighted by molar-refractivity contribution is 5.82. The molecule has 1 aromatic carbocycles. The highest BCUT2D eigenvalue weighted by Crippen LogP contribution is 2.37. The van der Waals surface area contributed by atoms with Gasteiger partial charge in [0.1, 0.15) is 23.6 Å². The number of anilines is 1. The van der Waals surface area contributed by atoms with E-state index in [2.05, 4.69) is 20.6 Å². The van der Waals surface area contributed by atoms with E-state index in [1.54, 1.807) is 0 Å². The van der Waals surface area contributed by atoms with Crippen LogP contribution in [0.2, 0.25) is 0 Å². The summed E-state index contributed by atoms with van der Waals surface area (Å²) in [7, 11) is 0. The van der Waals surface area contributed by atoms with Gasteiger partial charge in [0.25, 0.3) is 12.3 Å². The number of aryl methyl sites for hydroxylation is 1. The number of hydrogen-bond acceptors (Lipinski definition) is 6. The molecule has 1 saturated heterocycles. The monoisotopic (exact) mass is 500 g/mol. The molecule has 1 aromatic heterocycles. The maximum atomic E-state index is 15.4. The Morgan fingerprint density at radius 2 is 1.77 bits per heavy atom. The average molecular weight is 500 g/mol. The predicted octanol–water partition coefficient (Wildman–Crippen LogP) is 4.71. The predicted molar refractivity (Wildman–Crippen MR) is 115 cm³/mol. The number of aromatic nitrogens is 2. The molecule has 7 nitrogen and oxygen atoms in total. The molecule has 1 amide bonds. The second-order valence-electron chi connectivity index (χ2n) is 8.55. The van der Waals surface area contributed by atoms with Gasteiger partial charge < -0.3 is 20.1 Å². The van der Waals surface area contributed by atoms with Crippen LogP contribution >= 0.6 is 0 Å². The Hall–Kier alpha value is -2.86. The van der Waals surface area contributed by atoms with Crippen LogP contribution in [0.1, 0.15) is 72.9 Å². The van der Waals surface area contributed by atoms with Crippen LogP contribution in [0.5, 0.6) is 0 Å². The molecule has 1 aliphatic carbocycles. The number of amides is 1. The van der Waals surface area contributed by atoms with Crippen molar-refractivity contribution in [2.24, 2.45) is 0 Å². The number of nitrogens with one attached hydrogen (secondary N) is 2. The summed E-state index contributed by atoms with van der Waals surface area (Å²) in [4.78, 5) is 20.9. The molecular formula is C23H25F5N4O3. The zero-order valence-corrected chi connectivity index (χ0v) is 19.0. The van der Waals surface area contributed by atoms with Gasteiger partial charge in [-0.15, -0.1) is 0 Å². The van der Waals surface area contributed by atoms with Crippen molar-refractivity contribution in [2.45, 2.75) is 63.8 Å². The summed E-state index contributed by atoms with van der Waals surface area (Å²) < 4.78 is 80.6. The largest absolute Gasteiger partial charge is 0.363 e. The Balaban J connectivity index is 1.67. The first kappa shape index (κ1) is 25.2. The average Bonchev–Trinajstić information content (AvgIpc) is 3.31. The van der Waals surface area contributed by atoms with E-state index in [0.29, 0.717) is 0 Å². The Kier molecular flexibility index (Phi) is 7.50. The van der Waals surface area contributed by atoms with Gasteiger partial charge in [-0.05, 0) is 26.7 Å². The van der Waals surface area contributed by atoms with Crippen molar-refractivity contribution in [2.75, 3.05) is 18.5 Å². The van der Waals surface area contributed by atoms with E-state index in [4.69, 9.17) is 9.47 Å². The van der Waals surface area contributed by atoms with Crippen molar-refractivity contribution < 1.29 is 36.2 Å². The Bertz CT molecular complexity index is 1080. The molecule has 1 aliphatic heterocycles. The van der Waals surface area contributed by atoms with Gasteiger partial charge in [-0.3, -0.25) is 4.79 Å². The van der Waals surface area contributed by atoms with Gasteiger partial charge in [0.05, 0.1) is 36.1 Å². The molecular weight excluding hydrogens is 475 g/mol. The smallest absolute Gasteiger partial charge is 0.266 e. The normalized spacial score (nSPS) is 22.1. The Morgan fingerprint density at radius 1 is 1.11 bits per heavy atom. The maximum absolute atomic E-state index is 15.4. The van der Waals surface area contributed by atoms with Gasteiger partial charge >= 0.3 is 0 Å². The molecule has 1 unspecified atom stereocenters. The molecule has 0 spiro atoms. The first-order valence-corrected chi connectivity index (χ1v) is 11.2. The third-order valence-electron chi connectivity index (χ3n) is 5.95. The van der Waals surface area contributed by atoms with E-state index in [-0.39, 0.29) is 54.5 Å². The molecule has 190 valence electrons. The fourth-order valence-electron chi connectivity index (χ4n) is 4.08. The number of carbonyl (C=O) groups excluding carboxylic acids is 1. The topological polar surface area (TPSA) is 85.4 Å². The molecule has 2 fully saturated rings. The highest BCUT2D eigenvalue weighted by Gasteiger charge is 2.37. The fraction of sp³-hybridized carbons (Fsp3) is 0.522. The maximum Gasteiger partial charge on any atom is 0.266 e. The zero-order valence-electron chi connectivity index (χ0n) is 19.0. The molecule has 2 aromatic rings. The molecule has 2 atom stereocenters. The van der Waals surface area contributed by atoms with E-state index < -0.39 is 54.4 Å². The van der Waals surface area contributed by atoms with Crippen molar-refractivity contribution in [1.29, 1.82) is 0 Å². The van der Waals surface area contributed by atoms with Gasteiger partial charge in [-0.2, -0.15) is 0 Å². The van der Waals surface area contributed by atoms with E-state index in [0.717, 1.165) is 6.07 Å². The fourth-order valence-corrected chi connectivity index (χ4v) is 4.08.